The van der Waals surface area contributed by atoms with Gasteiger partial charge in [0.15, 0.2) is 6.10 Å². The molecule has 0 aromatic heterocycles. The first-order chi connectivity index (χ1) is 13.5. The van der Waals surface area contributed by atoms with Crippen molar-refractivity contribution < 1.29 is 9.53 Å². The van der Waals surface area contributed by atoms with Gasteiger partial charge in [-0.25, -0.2) is 0 Å². The molecule has 6 heteroatoms. The molecule has 1 fully saturated rings. The van der Waals surface area contributed by atoms with E-state index in [1.54, 1.807) is 31.2 Å². The zero-order valence-corrected chi connectivity index (χ0v) is 16.4. The lowest BCUT2D eigenvalue weighted by Crippen LogP contribution is -2.43. The minimum absolute atomic E-state index is 0.212. The Hall–Kier alpha value is -2.88. The fourth-order valence-electron chi connectivity index (χ4n) is 3.07. The zero-order valence-electron chi connectivity index (χ0n) is 16.4. The highest BCUT2D eigenvalue weighted by molar-refractivity contribution is 5.94. The molecule has 1 atom stereocenters. The number of carbonyl (C=O) groups is 1. The Bertz CT molecular complexity index is 819. The minimum atomic E-state index is -0.641. The van der Waals surface area contributed by atoms with Crippen LogP contribution in [0.25, 0.3) is 0 Å². The van der Waals surface area contributed by atoms with E-state index in [2.05, 4.69) is 40.4 Å². The van der Waals surface area contributed by atoms with Crippen LogP contribution in [0.2, 0.25) is 0 Å². The largest absolute Gasteiger partial charge is 0.481 e. The van der Waals surface area contributed by atoms with E-state index in [9.17, 15) is 4.79 Å². The van der Waals surface area contributed by atoms with Crippen molar-refractivity contribution in [2.24, 2.45) is 0 Å². The molecule has 1 aliphatic heterocycles. The van der Waals surface area contributed by atoms with Crippen LogP contribution in [0.5, 0.6) is 5.75 Å². The number of amides is 1. The fourth-order valence-corrected chi connectivity index (χ4v) is 3.07. The van der Waals surface area contributed by atoms with Gasteiger partial charge in [0.05, 0.1) is 11.6 Å². The Balaban J connectivity index is 1.49. The van der Waals surface area contributed by atoms with Gasteiger partial charge in [0.25, 0.3) is 5.91 Å². The van der Waals surface area contributed by atoms with Crippen LogP contribution in [0, 0.1) is 11.3 Å². The Morgan fingerprint density at radius 3 is 2.36 bits per heavy atom. The van der Waals surface area contributed by atoms with Gasteiger partial charge < -0.3 is 15.0 Å². The van der Waals surface area contributed by atoms with E-state index < -0.39 is 6.10 Å². The second-order valence-corrected chi connectivity index (χ2v) is 7.16. The highest BCUT2D eigenvalue weighted by atomic mass is 16.5. The van der Waals surface area contributed by atoms with Gasteiger partial charge in [-0.15, -0.1) is 0 Å². The number of nitrogens with one attached hydrogen (secondary N) is 1. The highest BCUT2D eigenvalue weighted by Crippen LogP contribution is 2.16. The number of ether oxygens (including phenoxy) is 1. The predicted molar refractivity (Wildman–Crippen MR) is 109 cm³/mol. The maximum Gasteiger partial charge on any atom is 0.265 e. The third kappa shape index (κ3) is 5.56. The van der Waals surface area contributed by atoms with Gasteiger partial charge in [0.1, 0.15) is 5.75 Å². The number of nitriles is 1. The second kappa shape index (κ2) is 9.36. The SMILES string of the molecule is CC(Oc1ccc(C#N)cc1)C(=O)Nc1ccc(CN2CCN(C)CC2)cc1. The maximum atomic E-state index is 12.4. The predicted octanol–water partition coefficient (Wildman–Crippen LogP) is 2.71. The molecule has 3 rings (SSSR count). The van der Waals surface area contributed by atoms with Crippen LogP contribution in [0.1, 0.15) is 18.1 Å². The number of hydrogen-bond donors (Lipinski definition) is 1. The number of carbonyl (C=O) groups excluding carboxylic acids is 1. The molecule has 1 aliphatic rings. The Morgan fingerprint density at radius 1 is 1.11 bits per heavy atom. The van der Waals surface area contributed by atoms with E-state index in [1.165, 1.54) is 5.56 Å². The molecule has 1 amide bonds. The first-order valence-electron chi connectivity index (χ1n) is 9.51. The summed E-state index contributed by atoms with van der Waals surface area (Å²) in [5.74, 6) is 0.348. The van der Waals surface area contributed by atoms with Gasteiger partial charge in [0.2, 0.25) is 0 Å². The lowest BCUT2D eigenvalue weighted by atomic mass is 10.1. The van der Waals surface area contributed by atoms with Crippen molar-refractivity contribution >= 4 is 11.6 Å². The summed E-state index contributed by atoms with van der Waals surface area (Å²) in [5.41, 5.74) is 2.55. The van der Waals surface area contributed by atoms with E-state index in [4.69, 9.17) is 10.00 Å². The number of hydrogen-bond acceptors (Lipinski definition) is 5. The summed E-state index contributed by atoms with van der Waals surface area (Å²) < 4.78 is 5.65. The van der Waals surface area contributed by atoms with Crippen LogP contribution in [0.15, 0.2) is 48.5 Å². The number of rotatable bonds is 6. The molecule has 0 spiro atoms. The average Bonchev–Trinajstić information content (AvgIpc) is 2.71. The van der Waals surface area contributed by atoms with Crippen molar-refractivity contribution in [2.45, 2.75) is 19.6 Å². The van der Waals surface area contributed by atoms with E-state index in [1.807, 2.05) is 12.1 Å². The Morgan fingerprint density at radius 2 is 1.75 bits per heavy atom. The zero-order chi connectivity index (χ0) is 19.9. The molecule has 2 aromatic carbocycles. The number of nitrogens with zero attached hydrogens (tertiary/aromatic N) is 3. The summed E-state index contributed by atoms with van der Waals surface area (Å²) in [7, 11) is 2.15. The van der Waals surface area contributed by atoms with Gasteiger partial charge in [0, 0.05) is 38.4 Å². The lowest BCUT2D eigenvalue weighted by Gasteiger charge is -2.32. The topological polar surface area (TPSA) is 68.6 Å². The monoisotopic (exact) mass is 378 g/mol. The molecule has 1 unspecified atom stereocenters. The maximum absolute atomic E-state index is 12.4. The smallest absolute Gasteiger partial charge is 0.265 e. The molecule has 1 saturated heterocycles. The standard InChI is InChI=1S/C22H26N4O2/c1-17(28-21-9-5-18(15-23)6-10-21)22(27)24-20-7-3-19(4-8-20)16-26-13-11-25(2)12-14-26/h3-10,17H,11-14,16H2,1-2H3,(H,24,27). The highest BCUT2D eigenvalue weighted by Gasteiger charge is 2.16. The third-order valence-corrected chi connectivity index (χ3v) is 4.89. The summed E-state index contributed by atoms with van der Waals surface area (Å²) in [6.07, 6.45) is -0.641. The molecule has 2 aromatic rings. The molecule has 1 heterocycles. The molecule has 6 nitrogen and oxygen atoms in total. The van der Waals surface area contributed by atoms with Crippen LogP contribution < -0.4 is 10.1 Å². The molecule has 0 bridgehead atoms. The van der Waals surface area contributed by atoms with Crippen molar-refractivity contribution in [1.29, 1.82) is 5.26 Å². The van der Waals surface area contributed by atoms with Gasteiger partial charge in [-0.1, -0.05) is 12.1 Å². The molecule has 0 radical (unpaired) electrons. The first-order valence-corrected chi connectivity index (χ1v) is 9.51. The van der Waals surface area contributed by atoms with E-state index in [-0.39, 0.29) is 5.91 Å². The number of benzene rings is 2. The number of likely N-dealkylation sites (N-methyl/N-ethyl adjacent to an activating group) is 1. The van der Waals surface area contributed by atoms with Crippen LogP contribution in [0.3, 0.4) is 0 Å². The molecule has 0 saturated carbocycles. The van der Waals surface area contributed by atoms with E-state index in [0.29, 0.717) is 11.3 Å². The summed E-state index contributed by atoms with van der Waals surface area (Å²) in [6.45, 7) is 7.00. The van der Waals surface area contributed by atoms with Crippen molar-refractivity contribution in [3.63, 3.8) is 0 Å². The number of anilines is 1. The third-order valence-electron chi connectivity index (χ3n) is 4.89. The lowest BCUT2D eigenvalue weighted by molar-refractivity contribution is -0.122. The van der Waals surface area contributed by atoms with Crippen LogP contribution in [-0.4, -0.2) is 55.0 Å². The summed E-state index contributed by atoms with van der Waals surface area (Å²) in [4.78, 5) is 17.2. The van der Waals surface area contributed by atoms with E-state index >= 15 is 0 Å². The van der Waals surface area contributed by atoms with Crippen LogP contribution in [-0.2, 0) is 11.3 Å². The molecule has 28 heavy (non-hydrogen) atoms. The Kier molecular flexibility index (Phi) is 6.64. The van der Waals surface area contributed by atoms with Crippen molar-refractivity contribution in [1.82, 2.24) is 9.80 Å². The molecular weight excluding hydrogens is 352 g/mol. The minimum Gasteiger partial charge on any atom is -0.481 e. The van der Waals surface area contributed by atoms with Crippen LogP contribution in [0.4, 0.5) is 5.69 Å². The normalized spacial score (nSPS) is 16.2. The summed E-state index contributed by atoms with van der Waals surface area (Å²) >= 11 is 0. The first kappa shape index (κ1) is 19.9. The van der Waals surface area contributed by atoms with Gasteiger partial charge in [-0.3, -0.25) is 9.69 Å². The molecule has 0 aliphatic carbocycles. The summed E-state index contributed by atoms with van der Waals surface area (Å²) in [6, 6.07) is 16.7. The fraction of sp³-hybridized carbons (Fsp3) is 0.364. The average molecular weight is 378 g/mol. The summed E-state index contributed by atoms with van der Waals surface area (Å²) in [5, 5.41) is 11.7. The van der Waals surface area contributed by atoms with Crippen molar-refractivity contribution in [3.8, 4) is 11.8 Å². The van der Waals surface area contributed by atoms with Crippen molar-refractivity contribution in [3.05, 3.63) is 59.7 Å². The van der Waals surface area contributed by atoms with Gasteiger partial charge >= 0.3 is 0 Å². The van der Waals surface area contributed by atoms with Crippen LogP contribution >= 0.6 is 0 Å². The molecular formula is C22H26N4O2. The van der Waals surface area contributed by atoms with Crippen molar-refractivity contribution in [2.75, 3.05) is 38.5 Å². The molecule has 1 N–H and O–H groups in total. The van der Waals surface area contributed by atoms with Gasteiger partial charge in [-0.05, 0) is 55.9 Å². The quantitative estimate of drug-likeness (QED) is 0.837. The number of piperazine rings is 1. The Labute approximate surface area is 166 Å². The van der Waals surface area contributed by atoms with E-state index in [0.717, 1.165) is 38.4 Å². The molecule has 146 valence electrons. The second-order valence-electron chi connectivity index (χ2n) is 7.16. The van der Waals surface area contributed by atoms with Gasteiger partial charge in [-0.2, -0.15) is 5.26 Å².